The highest BCUT2D eigenvalue weighted by Gasteiger charge is 2.30. The molecule has 0 aliphatic rings. The first-order chi connectivity index (χ1) is 12.5. The van der Waals surface area contributed by atoms with Gasteiger partial charge in [-0.15, -0.1) is 5.10 Å². The lowest BCUT2D eigenvalue weighted by Gasteiger charge is -2.06. The van der Waals surface area contributed by atoms with Crippen molar-refractivity contribution in [2.75, 3.05) is 13.7 Å². The van der Waals surface area contributed by atoms with E-state index >= 15 is 0 Å². The lowest BCUT2D eigenvalue weighted by Crippen LogP contribution is -2.07. The van der Waals surface area contributed by atoms with Crippen LogP contribution in [-0.4, -0.2) is 43.3 Å². The summed E-state index contributed by atoms with van der Waals surface area (Å²) in [5.74, 6) is 0.911. The summed E-state index contributed by atoms with van der Waals surface area (Å²) in [5.41, 5.74) is 1.37. The van der Waals surface area contributed by atoms with Gasteiger partial charge in [0.15, 0.2) is 17.1 Å². The van der Waals surface area contributed by atoms with Gasteiger partial charge >= 0.3 is 6.18 Å². The van der Waals surface area contributed by atoms with E-state index in [1.165, 1.54) is 18.5 Å². The molecule has 0 atom stereocenters. The van der Waals surface area contributed by atoms with Crippen molar-refractivity contribution in [3.05, 3.63) is 42.0 Å². The SMILES string of the molecule is COCCc1nc2nc[nH]c2c2nc(-c3ccc(C(F)(F)F)cc3)nn12. The van der Waals surface area contributed by atoms with Gasteiger partial charge in [0.05, 0.1) is 18.5 Å². The quantitative estimate of drug-likeness (QED) is 0.604. The van der Waals surface area contributed by atoms with E-state index in [1.54, 1.807) is 11.6 Å². The smallest absolute Gasteiger partial charge is 0.384 e. The summed E-state index contributed by atoms with van der Waals surface area (Å²) >= 11 is 0. The van der Waals surface area contributed by atoms with Crippen molar-refractivity contribution in [1.82, 2.24) is 29.5 Å². The maximum atomic E-state index is 12.7. The number of alkyl halides is 3. The zero-order valence-electron chi connectivity index (χ0n) is 13.6. The number of aromatic nitrogens is 6. The molecule has 10 heteroatoms. The second kappa shape index (κ2) is 6.06. The van der Waals surface area contributed by atoms with E-state index in [4.69, 9.17) is 4.74 Å². The van der Waals surface area contributed by atoms with Gasteiger partial charge in [0.2, 0.25) is 0 Å². The molecule has 0 aliphatic carbocycles. The molecule has 1 N–H and O–H groups in total. The summed E-state index contributed by atoms with van der Waals surface area (Å²) in [6.07, 6.45) is -2.39. The number of benzene rings is 1. The molecule has 3 heterocycles. The fourth-order valence-corrected chi connectivity index (χ4v) is 2.65. The average Bonchev–Trinajstić information content (AvgIpc) is 3.25. The molecule has 0 aliphatic heterocycles. The van der Waals surface area contributed by atoms with Crippen LogP contribution in [0.3, 0.4) is 0 Å². The largest absolute Gasteiger partial charge is 0.416 e. The molecule has 0 fully saturated rings. The number of rotatable bonds is 4. The summed E-state index contributed by atoms with van der Waals surface area (Å²) in [4.78, 5) is 16.0. The number of ether oxygens (including phenoxy) is 1. The Labute approximate surface area is 144 Å². The predicted octanol–water partition coefficient (Wildman–Crippen LogP) is 2.88. The van der Waals surface area contributed by atoms with E-state index in [0.29, 0.717) is 47.1 Å². The van der Waals surface area contributed by atoms with E-state index < -0.39 is 11.7 Å². The number of hydrogen-bond donors (Lipinski definition) is 1. The fraction of sp³-hybridized carbons (Fsp3) is 0.250. The fourth-order valence-electron chi connectivity index (χ4n) is 2.65. The van der Waals surface area contributed by atoms with Gasteiger partial charge < -0.3 is 9.72 Å². The molecule has 3 aromatic heterocycles. The molecule has 0 radical (unpaired) electrons. The Kier molecular flexibility index (Phi) is 3.83. The van der Waals surface area contributed by atoms with Crippen molar-refractivity contribution in [2.24, 2.45) is 0 Å². The molecule has 134 valence electrons. The summed E-state index contributed by atoms with van der Waals surface area (Å²) in [7, 11) is 1.58. The highest BCUT2D eigenvalue weighted by molar-refractivity contribution is 5.85. The van der Waals surface area contributed by atoms with Gasteiger partial charge in [-0.2, -0.15) is 17.7 Å². The third-order valence-corrected chi connectivity index (χ3v) is 3.93. The van der Waals surface area contributed by atoms with Crippen LogP contribution in [0.2, 0.25) is 0 Å². The van der Waals surface area contributed by atoms with Gasteiger partial charge in [-0.25, -0.2) is 15.0 Å². The maximum absolute atomic E-state index is 12.7. The third kappa shape index (κ3) is 2.77. The number of nitrogens with zero attached hydrogens (tertiary/aromatic N) is 5. The normalized spacial score (nSPS) is 12.3. The highest BCUT2D eigenvalue weighted by Crippen LogP contribution is 2.30. The lowest BCUT2D eigenvalue weighted by molar-refractivity contribution is -0.137. The van der Waals surface area contributed by atoms with E-state index in [-0.39, 0.29) is 0 Å². The van der Waals surface area contributed by atoms with Crippen LogP contribution in [0, 0.1) is 0 Å². The van der Waals surface area contributed by atoms with Crippen molar-refractivity contribution in [2.45, 2.75) is 12.6 Å². The van der Waals surface area contributed by atoms with Gasteiger partial charge in [0.25, 0.3) is 0 Å². The first-order valence-corrected chi connectivity index (χ1v) is 7.72. The Morgan fingerprint density at radius 1 is 1.15 bits per heavy atom. The Bertz CT molecular complexity index is 1070. The number of imidazole rings is 1. The third-order valence-electron chi connectivity index (χ3n) is 3.93. The van der Waals surface area contributed by atoms with Crippen LogP contribution in [-0.2, 0) is 17.3 Å². The zero-order chi connectivity index (χ0) is 18.3. The van der Waals surface area contributed by atoms with Crippen LogP contribution in [0.1, 0.15) is 11.4 Å². The van der Waals surface area contributed by atoms with Crippen LogP contribution < -0.4 is 0 Å². The van der Waals surface area contributed by atoms with Gasteiger partial charge in [0, 0.05) is 19.1 Å². The molecule has 7 nitrogen and oxygen atoms in total. The van der Waals surface area contributed by atoms with Crippen LogP contribution in [0.5, 0.6) is 0 Å². The Morgan fingerprint density at radius 3 is 2.62 bits per heavy atom. The number of fused-ring (bicyclic) bond motifs is 3. The minimum absolute atomic E-state index is 0.307. The second-order valence-corrected chi connectivity index (χ2v) is 5.62. The van der Waals surface area contributed by atoms with Crippen LogP contribution in [0.15, 0.2) is 30.6 Å². The van der Waals surface area contributed by atoms with Gasteiger partial charge in [-0.1, -0.05) is 12.1 Å². The van der Waals surface area contributed by atoms with Crippen molar-refractivity contribution < 1.29 is 17.9 Å². The first-order valence-electron chi connectivity index (χ1n) is 7.72. The molecule has 4 aromatic rings. The van der Waals surface area contributed by atoms with Crippen molar-refractivity contribution in [3.8, 4) is 11.4 Å². The number of aromatic amines is 1. The Balaban J connectivity index is 1.84. The second-order valence-electron chi connectivity index (χ2n) is 5.62. The lowest BCUT2D eigenvalue weighted by atomic mass is 10.1. The monoisotopic (exact) mass is 362 g/mol. The van der Waals surface area contributed by atoms with Crippen LogP contribution in [0.4, 0.5) is 13.2 Å². The number of nitrogens with one attached hydrogen (secondary N) is 1. The molecule has 0 spiro atoms. The van der Waals surface area contributed by atoms with Crippen LogP contribution in [0.25, 0.3) is 28.2 Å². The average molecular weight is 362 g/mol. The number of hydrogen-bond acceptors (Lipinski definition) is 5. The Morgan fingerprint density at radius 2 is 1.92 bits per heavy atom. The number of halogens is 3. The summed E-state index contributed by atoms with van der Waals surface area (Å²) in [6, 6.07) is 4.72. The minimum atomic E-state index is -4.38. The molecule has 0 unspecified atom stereocenters. The maximum Gasteiger partial charge on any atom is 0.416 e. The molecular weight excluding hydrogens is 349 g/mol. The molecule has 0 bridgehead atoms. The summed E-state index contributed by atoms with van der Waals surface area (Å²) < 4.78 is 44.8. The minimum Gasteiger partial charge on any atom is -0.384 e. The van der Waals surface area contributed by atoms with Crippen molar-refractivity contribution in [1.29, 1.82) is 0 Å². The van der Waals surface area contributed by atoms with E-state index in [1.807, 2.05) is 0 Å². The highest BCUT2D eigenvalue weighted by atomic mass is 19.4. The zero-order valence-corrected chi connectivity index (χ0v) is 13.6. The molecule has 26 heavy (non-hydrogen) atoms. The van der Waals surface area contributed by atoms with Gasteiger partial charge in [-0.3, -0.25) is 0 Å². The van der Waals surface area contributed by atoms with E-state index in [9.17, 15) is 13.2 Å². The van der Waals surface area contributed by atoms with Gasteiger partial charge in [0.1, 0.15) is 11.3 Å². The van der Waals surface area contributed by atoms with E-state index in [0.717, 1.165) is 12.1 Å². The standard InChI is InChI=1S/C16H13F3N6O/c1-26-7-6-11-22-14-12(20-8-21-14)15-23-13(24-25(11)15)9-2-4-10(5-3-9)16(17,18)19/h2-5,8H,6-7H2,1H3,(H,20,21). The van der Waals surface area contributed by atoms with E-state index in [2.05, 4.69) is 25.0 Å². The molecule has 4 rings (SSSR count). The Hall–Kier alpha value is -3.01. The molecule has 0 saturated heterocycles. The summed E-state index contributed by atoms with van der Waals surface area (Å²) in [5, 5.41) is 4.42. The molecule has 0 amide bonds. The molecule has 1 aromatic carbocycles. The predicted molar refractivity (Wildman–Crippen MR) is 86.5 cm³/mol. The summed E-state index contributed by atoms with van der Waals surface area (Å²) in [6.45, 7) is 0.438. The molecule has 0 saturated carbocycles. The topological polar surface area (TPSA) is 81.0 Å². The van der Waals surface area contributed by atoms with Crippen molar-refractivity contribution >= 4 is 16.8 Å². The van der Waals surface area contributed by atoms with Crippen LogP contribution >= 0.6 is 0 Å². The van der Waals surface area contributed by atoms with Crippen molar-refractivity contribution in [3.63, 3.8) is 0 Å². The number of H-pyrrole nitrogens is 1. The first kappa shape index (κ1) is 16.5. The number of methoxy groups -OCH3 is 1. The molecular formula is C16H13F3N6O. The van der Waals surface area contributed by atoms with Gasteiger partial charge in [-0.05, 0) is 12.1 Å².